The van der Waals surface area contributed by atoms with Gasteiger partial charge in [-0.05, 0) is 28.8 Å². The second-order valence-corrected chi connectivity index (χ2v) is 6.94. The smallest absolute Gasteiger partial charge is 0.341 e. The molecule has 1 aliphatic rings. The van der Waals surface area contributed by atoms with E-state index in [2.05, 4.69) is 15.4 Å². The molecule has 6 nitrogen and oxygen atoms in total. The van der Waals surface area contributed by atoms with Crippen molar-refractivity contribution in [2.24, 2.45) is 0 Å². The van der Waals surface area contributed by atoms with Gasteiger partial charge in [0.1, 0.15) is 5.56 Å². The molecule has 0 radical (unpaired) electrons. The van der Waals surface area contributed by atoms with Crippen LogP contribution in [0.15, 0.2) is 72.8 Å². The minimum Gasteiger partial charge on any atom is -0.504 e. The third-order valence-corrected chi connectivity index (χ3v) is 5.04. The van der Waals surface area contributed by atoms with Gasteiger partial charge in [-0.15, -0.1) is 0 Å². The fourth-order valence-electron chi connectivity index (χ4n) is 3.63. The standard InChI is InChI=1S/C24H19FN2O4/c1-31-23(29)17-12-16(13-18(25)22(17)28)21-19(14-8-4-2-5-9-14)20(26-24(30)27-21)15-10-6-3-7-11-15/h2-13,21,28H,1H3,(H2,26,27,30). The zero-order valence-electron chi connectivity index (χ0n) is 16.6. The molecule has 1 atom stereocenters. The van der Waals surface area contributed by atoms with Crippen LogP contribution in [0.3, 0.4) is 0 Å². The molecule has 156 valence electrons. The van der Waals surface area contributed by atoms with E-state index in [4.69, 9.17) is 0 Å². The lowest BCUT2D eigenvalue weighted by Crippen LogP contribution is -2.43. The Bertz CT molecular complexity index is 1180. The fraction of sp³-hybridized carbons (Fsp3) is 0.0833. The van der Waals surface area contributed by atoms with Crippen molar-refractivity contribution >= 4 is 23.3 Å². The number of hydrogen-bond donors (Lipinski definition) is 3. The highest BCUT2D eigenvalue weighted by Crippen LogP contribution is 2.39. The van der Waals surface area contributed by atoms with Gasteiger partial charge < -0.3 is 20.5 Å². The van der Waals surface area contributed by atoms with Crippen LogP contribution in [0.1, 0.15) is 33.1 Å². The van der Waals surface area contributed by atoms with E-state index in [1.165, 1.54) is 6.07 Å². The summed E-state index contributed by atoms with van der Waals surface area (Å²) in [7, 11) is 1.14. The number of amides is 2. The topological polar surface area (TPSA) is 87.7 Å². The second-order valence-electron chi connectivity index (χ2n) is 6.94. The first-order valence-corrected chi connectivity index (χ1v) is 9.53. The van der Waals surface area contributed by atoms with Crippen LogP contribution in [0.5, 0.6) is 5.75 Å². The molecule has 0 saturated heterocycles. The molecule has 31 heavy (non-hydrogen) atoms. The monoisotopic (exact) mass is 418 g/mol. The molecular weight excluding hydrogens is 399 g/mol. The van der Waals surface area contributed by atoms with Crippen molar-refractivity contribution in [1.82, 2.24) is 10.6 Å². The number of carbonyl (C=O) groups is 2. The maximum atomic E-state index is 14.5. The van der Waals surface area contributed by atoms with Crippen LogP contribution in [-0.4, -0.2) is 24.2 Å². The molecule has 4 rings (SSSR count). The number of aromatic hydroxyl groups is 1. The number of ether oxygens (including phenoxy) is 1. The Kier molecular flexibility index (Phi) is 5.41. The minimum atomic E-state index is -0.987. The highest BCUT2D eigenvalue weighted by Gasteiger charge is 2.31. The first kappa shape index (κ1) is 20.2. The van der Waals surface area contributed by atoms with Gasteiger partial charge >= 0.3 is 12.0 Å². The number of esters is 1. The molecule has 3 aromatic rings. The van der Waals surface area contributed by atoms with Crippen molar-refractivity contribution in [1.29, 1.82) is 0 Å². The average Bonchev–Trinajstić information content (AvgIpc) is 2.80. The highest BCUT2D eigenvalue weighted by atomic mass is 19.1. The minimum absolute atomic E-state index is 0.290. The SMILES string of the molecule is COC(=O)c1cc(C2NC(=O)NC(c3ccccc3)=C2c2ccccc2)cc(F)c1O. The van der Waals surface area contributed by atoms with Crippen LogP contribution in [0.4, 0.5) is 9.18 Å². The molecular formula is C24H19FN2O4. The normalized spacial score (nSPS) is 15.8. The summed E-state index contributed by atoms with van der Waals surface area (Å²) in [5.41, 5.74) is 2.79. The number of methoxy groups -OCH3 is 1. The van der Waals surface area contributed by atoms with Crippen LogP contribution >= 0.6 is 0 Å². The van der Waals surface area contributed by atoms with Gasteiger partial charge in [-0.1, -0.05) is 60.7 Å². The quantitative estimate of drug-likeness (QED) is 0.553. The van der Waals surface area contributed by atoms with Crippen LogP contribution in [-0.2, 0) is 4.74 Å². The summed E-state index contributed by atoms with van der Waals surface area (Å²) in [5, 5.41) is 15.7. The molecule has 0 bridgehead atoms. The van der Waals surface area contributed by atoms with Crippen molar-refractivity contribution in [3.63, 3.8) is 0 Å². The van der Waals surface area contributed by atoms with Crippen molar-refractivity contribution in [3.8, 4) is 5.75 Å². The van der Waals surface area contributed by atoms with E-state index in [-0.39, 0.29) is 11.1 Å². The van der Waals surface area contributed by atoms with E-state index in [1.807, 2.05) is 60.7 Å². The summed E-state index contributed by atoms with van der Waals surface area (Å²) in [5.74, 6) is -2.67. The predicted molar refractivity (Wildman–Crippen MR) is 114 cm³/mol. The number of carbonyl (C=O) groups excluding carboxylic acids is 2. The summed E-state index contributed by atoms with van der Waals surface area (Å²) < 4.78 is 19.2. The molecule has 3 aromatic carbocycles. The molecule has 7 heteroatoms. The fourth-order valence-corrected chi connectivity index (χ4v) is 3.63. The van der Waals surface area contributed by atoms with Crippen molar-refractivity contribution < 1.29 is 23.8 Å². The van der Waals surface area contributed by atoms with Gasteiger partial charge in [0.15, 0.2) is 11.6 Å². The Balaban J connectivity index is 1.97. The van der Waals surface area contributed by atoms with E-state index in [9.17, 15) is 19.1 Å². The molecule has 3 N–H and O–H groups in total. The van der Waals surface area contributed by atoms with E-state index < -0.39 is 29.6 Å². The summed E-state index contributed by atoms with van der Waals surface area (Å²) in [4.78, 5) is 24.6. The maximum Gasteiger partial charge on any atom is 0.341 e. The number of phenolic OH excluding ortho intramolecular Hbond substituents is 1. The Morgan fingerprint density at radius 1 is 1.00 bits per heavy atom. The summed E-state index contributed by atoms with van der Waals surface area (Å²) >= 11 is 0. The van der Waals surface area contributed by atoms with E-state index >= 15 is 0 Å². The third-order valence-electron chi connectivity index (χ3n) is 5.04. The van der Waals surface area contributed by atoms with Gasteiger partial charge in [-0.25, -0.2) is 14.0 Å². The van der Waals surface area contributed by atoms with E-state index in [0.29, 0.717) is 11.3 Å². The van der Waals surface area contributed by atoms with Crippen LogP contribution in [0, 0.1) is 5.82 Å². The maximum absolute atomic E-state index is 14.5. The molecule has 1 heterocycles. The van der Waals surface area contributed by atoms with Gasteiger partial charge in [0.25, 0.3) is 0 Å². The molecule has 0 spiro atoms. The number of hydrogen-bond acceptors (Lipinski definition) is 4. The molecule has 1 aliphatic heterocycles. The first-order valence-electron chi connectivity index (χ1n) is 9.53. The molecule has 2 amide bonds. The number of nitrogens with one attached hydrogen (secondary N) is 2. The number of rotatable bonds is 4. The Morgan fingerprint density at radius 3 is 2.23 bits per heavy atom. The Hall–Kier alpha value is -4.13. The van der Waals surface area contributed by atoms with E-state index in [0.717, 1.165) is 24.3 Å². The largest absolute Gasteiger partial charge is 0.504 e. The first-order chi connectivity index (χ1) is 15.0. The molecule has 0 fully saturated rings. The summed E-state index contributed by atoms with van der Waals surface area (Å²) in [6.45, 7) is 0. The van der Waals surface area contributed by atoms with Crippen LogP contribution < -0.4 is 10.6 Å². The van der Waals surface area contributed by atoms with Crippen molar-refractivity contribution in [3.05, 3.63) is 101 Å². The van der Waals surface area contributed by atoms with Gasteiger partial charge in [0.2, 0.25) is 0 Å². The Labute approximate surface area is 178 Å². The summed E-state index contributed by atoms with van der Waals surface area (Å²) in [6.07, 6.45) is 0. The predicted octanol–water partition coefficient (Wildman–Crippen LogP) is 4.24. The molecule has 0 saturated carbocycles. The number of benzene rings is 3. The van der Waals surface area contributed by atoms with Crippen molar-refractivity contribution in [2.75, 3.05) is 7.11 Å². The van der Waals surface area contributed by atoms with Gasteiger partial charge in [-0.2, -0.15) is 0 Å². The zero-order valence-corrected chi connectivity index (χ0v) is 16.6. The van der Waals surface area contributed by atoms with Crippen LogP contribution in [0.25, 0.3) is 11.3 Å². The van der Waals surface area contributed by atoms with Crippen molar-refractivity contribution in [2.45, 2.75) is 6.04 Å². The molecule has 0 aliphatic carbocycles. The highest BCUT2D eigenvalue weighted by molar-refractivity contribution is 6.03. The van der Waals surface area contributed by atoms with Gasteiger partial charge in [-0.3, -0.25) is 0 Å². The van der Waals surface area contributed by atoms with E-state index in [1.54, 1.807) is 0 Å². The number of phenols is 1. The lowest BCUT2D eigenvalue weighted by molar-refractivity contribution is 0.0596. The molecule has 1 unspecified atom stereocenters. The third kappa shape index (κ3) is 3.85. The number of halogens is 1. The zero-order chi connectivity index (χ0) is 22.0. The number of urea groups is 1. The summed E-state index contributed by atoms with van der Waals surface area (Å²) in [6, 6.07) is 19.8. The lowest BCUT2D eigenvalue weighted by Gasteiger charge is -2.31. The average molecular weight is 418 g/mol. The van der Waals surface area contributed by atoms with Gasteiger partial charge in [0, 0.05) is 5.57 Å². The second kappa shape index (κ2) is 8.31. The van der Waals surface area contributed by atoms with Gasteiger partial charge in [0.05, 0.1) is 18.8 Å². The Morgan fingerprint density at radius 2 is 1.61 bits per heavy atom. The lowest BCUT2D eigenvalue weighted by atomic mass is 9.87. The molecule has 0 aromatic heterocycles. The van der Waals surface area contributed by atoms with Crippen LogP contribution in [0.2, 0.25) is 0 Å².